The van der Waals surface area contributed by atoms with Crippen molar-refractivity contribution in [3.63, 3.8) is 0 Å². The molecule has 92 valence electrons. The predicted octanol–water partition coefficient (Wildman–Crippen LogP) is 2.03. The molecule has 0 N–H and O–H groups in total. The summed E-state index contributed by atoms with van der Waals surface area (Å²) in [6.07, 6.45) is 5.31. The fraction of sp³-hybridized carbons (Fsp3) is 0.917. The van der Waals surface area contributed by atoms with Gasteiger partial charge >= 0.3 is 0 Å². The largest absolute Gasteiger partial charge is 0.381 e. The molecular formula is C12H20ClNO2. The molecule has 0 aromatic carbocycles. The van der Waals surface area contributed by atoms with Crippen LogP contribution in [0.4, 0.5) is 0 Å². The Morgan fingerprint density at radius 2 is 2.25 bits per heavy atom. The molecule has 4 heteroatoms. The van der Waals surface area contributed by atoms with Crippen LogP contribution in [0.2, 0.25) is 0 Å². The van der Waals surface area contributed by atoms with Gasteiger partial charge in [0.1, 0.15) is 0 Å². The van der Waals surface area contributed by atoms with Gasteiger partial charge in [0.25, 0.3) is 0 Å². The molecule has 1 amide bonds. The van der Waals surface area contributed by atoms with Gasteiger partial charge in [-0.2, -0.15) is 0 Å². The highest BCUT2D eigenvalue weighted by Gasteiger charge is 2.32. The number of hydrogen-bond acceptors (Lipinski definition) is 2. The Morgan fingerprint density at radius 1 is 1.38 bits per heavy atom. The highest BCUT2D eigenvalue weighted by Crippen LogP contribution is 2.24. The first-order valence-corrected chi connectivity index (χ1v) is 6.80. The number of amides is 1. The van der Waals surface area contributed by atoms with Crippen molar-refractivity contribution in [3.8, 4) is 0 Å². The third-order valence-electron chi connectivity index (χ3n) is 3.63. The van der Waals surface area contributed by atoms with Crippen molar-refractivity contribution < 1.29 is 9.53 Å². The molecule has 2 unspecified atom stereocenters. The van der Waals surface area contributed by atoms with Crippen LogP contribution in [0.25, 0.3) is 0 Å². The first-order valence-electron chi connectivity index (χ1n) is 6.27. The molecule has 0 aliphatic carbocycles. The van der Waals surface area contributed by atoms with E-state index in [4.69, 9.17) is 16.3 Å². The van der Waals surface area contributed by atoms with Gasteiger partial charge in [0, 0.05) is 25.1 Å². The van der Waals surface area contributed by atoms with Gasteiger partial charge in [0.2, 0.25) is 5.91 Å². The van der Waals surface area contributed by atoms with E-state index < -0.39 is 0 Å². The van der Waals surface area contributed by atoms with E-state index in [0.717, 1.165) is 38.8 Å². The minimum atomic E-state index is 0.107. The summed E-state index contributed by atoms with van der Waals surface area (Å²) in [6.45, 7) is 2.27. The molecular weight excluding hydrogens is 226 g/mol. The fourth-order valence-electron chi connectivity index (χ4n) is 2.68. The van der Waals surface area contributed by atoms with E-state index >= 15 is 0 Å². The minimum Gasteiger partial charge on any atom is -0.381 e. The topological polar surface area (TPSA) is 29.5 Å². The third-order valence-corrected chi connectivity index (χ3v) is 3.85. The van der Waals surface area contributed by atoms with Crippen LogP contribution in [0.5, 0.6) is 0 Å². The molecule has 2 rings (SSSR count). The van der Waals surface area contributed by atoms with Crippen LogP contribution in [0.15, 0.2) is 0 Å². The van der Waals surface area contributed by atoms with Crippen molar-refractivity contribution in [2.75, 3.05) is 25.6 Å². The van der Waals surface area contributed by atoms with Crippen molar-refractivity contribution in [1.29, 1.82) is 0 Å². The van der Waals surface area contributed by atoms with Gasteiger partial charge in [0.05, 0.1) is 12.5 Å². The van der Waals surface area contributed by atoms with Gasteiger partial charge in [-0.05, 0) is 32.1 Å². The number of carbonyl (C=O) groups excluding carboxylic acids is 1. The van der Waals surface area contributed by atoms with Crippen LogP contribution in [0.1, 0.15) is 32.1 Å². The monoisotopic (exact) mass is 245 g/mol. The zero-order chi connectivity index (χ0) is 11.4. The third kappa shape index (κ3) is 2.69. The van der Waals surface area contributed by atoms with Gasteiger partial charge in [-0.3, -0.25) is 4.79 Å². The van der Waals surface area contributed by atoms with E-state index in [1.54, 1.807) is 0 Å². The summed E-state index contributed by atoms with van der Waals surface area (Å²) < 4.78 is 5.29. The molecule has 2 atom stereocenters. The smallest absolute Gasteiger partial charge is 0.228 e. The Kier molecular flexibility index (Phi) is 4.47. The fourth-order valence-corrected chi connectivity index (χ4v) is 2.93. The van der Waals surface area contributed by atoms with Crippen LogP contribution < -0.4 is 0 Å². The van der Waals surface area contributed by atoms with E-state index in [0.29, 0.717) is 24.4 Å². The average Bonchev–Trinajstić information content (AvgIpc) is 2.83. The second-order valence-electron chi connectivity index (χ2n) is 4.72. The standard InChI is InChI=1S/C12H20ClNO2/c13-6-4-11-3-1-2-7-14(11)12(15)10-5-8-16-9-10/h10-11H,1-9H2. The lowest BCUT2D eigenvalue weighted by molar-refractivity contribution is -0.139. The van der Waals surface area contributed by atoms with Crippen molar-refractivity contribution in [2.24, 2.45) is 5.92 Å². The van der Waals surface area contributed by atoms with E-state index in [-0.39, 0.29) is 5.92 Å². The van der Waals surface area contributed by atoms with Crippen molar-refractivity contribution in [2.45, 2.75) is 38.1 Å². The van der Waals surface area contributed by atoms with Gasteiger partial charge < -0.3 is 9.64 Å². The average molecular weight is 246 g/mol. The highest BCUT2D eigenvalue weighted by atomic mass is 35.5. The number of ether oxygens (including phenoxy) is 1. The molecule has 2 heterocycles. The van der Waals surface area contributed by atoms with Crippen LogP contribution in [-0.4, -0.2) is 42.5 Å². The van der Waals surface area contributed by atoms with Crippen molar-refractivity contribution in [3.05, 3.63) is 0 Å². The first-order chi connectivity index (χ1) is 7.83. The number of piperidine rings is 1. The SMILES string of the molecule is O=C(C1CCOC1)N1CCCCC1CCCl. The molecule has 2 aliphatic rings. The maximum absolute atomic E-state index is 12.3. The number of likely N-dealkylation sites (tertiary alicyclic amines) is 1. The normalized spacial score (nSPS) is 30.7. The molecule has 0 bridgehead atoms. The number of carbonyl (C=O) groups is 1. The molecule has 2 aliphatic heterocycles. The van der Waals surface area contributed by atoms with Crippen molar-refractivity contribution >= 4 is 17.5 Å². The molecule has 0 aromatic heterocycles. The maximum atomic E-state index is 12.3. The number of halogens is 1. The van der Waals surface area contributed by atoms with Gasteiger partial charge in [0.15, 0.2) is 0 Å². The minimum absolute atomic E-state index is 0.107. The van der Waals surface area contributed by atoms with Gasteiger partial charge in [-0.25, -0.2) is 0 Å². The maximum Gasteiger partial charge on any atom is 0.228 e. The predicted molar refractivity (Wildman–Crippen MR) is 63.6 cm³/mol. The van der Waals surface area contributed by atoms with Crippen molar-refractivity contribution in [1.82, 2.24) is 4.90 Å². The molecule has 16 heavy (non-hydrogen) atoms. The van der Waals surface area contributed by atoms with Crippen LogP contribution in [0.3, 0.4) is 0 Å². The molecule has 0 radical (unpaired) electrons. The Morgan fingerprint density at radius 3 is 2.94 bits per heavy atom. The summed E-state index contributed by atoms with van der Waals surface area (Å²) in [5, 5.41) is 0. The second kappa shape index (κ2) is 5.87. The second-order valence-corrected chi connectivity index (χ2v) is 5.10. The van der Waals surface area contributed by atoms with Gasteiger partial charge in [-0.1, -0.05) is 0 Å². The molecule has 3 nitrogen and oxygen atoms in total. The summed E-state index contributed by atoms with van der Waals surface area (Å²) in [6, 6.07) is 0.374. The van der Waals surface area contributed by atoms with Crippen LogP contribution in [0, 0.1) is 5.92 Å². The van der Waals surface area contributed by atoms with Crippen LogP contribution >= 0.6 is 11.6 Å². The Labute approximate surface area is 102 Å². The molecule has 2 saturated heterocycles. The lowest BCUT2D eigenvalue weighted by Crippen LogP contribution is -2.46. The number of alkyl halides is 1. The van der Waals surface area contributed by atoms with E-state index in [1.807, 2.05) is 0 Å². The summed E-state index contributed by atoms with van der Waals surface area (Å²) >= 11 is 5.80. The van der Waals surface area contributed by atoms with E-state index in [9.17, 15) is 4.79 Å². The van der Waals surface area contributed by atoms with Crippen LogP contribution in [-0.2, 0) is 9.53 Å². The van der Waals surface area contributed by atoms with E-state index in [1.165, 1.54) is 6.42 Å². The number of nitrogens with zero attached hydrogens (tertiary/aromatic N) is 1. The molecule has 0 spiro atoms. The first kappa shape index (κ1) is 12.2. The Bertz CT molecular complexity index is 239. The summed E-state index contributed by atoms with van der Waals surface area (Å²) in [7, 11) is 0. The zero-order valence-electron chi connectivity index (χ0n) is 9.66. The molecule has 0 saturated carbocycles. The number of hydrogen-bond donors (Lipinski definition) is 0. The lowest BCUT2D eigenvalue weighted by Gasteiger charge is -2.37. The number of rotatable bonds is 3. The molecule has 0 aromatic rings. The van der Waals surface area contributed by atoms with E-state index in [2.05, 4.69) is 4.90 Å². The quantitative estimate of drug-likeness (QED) is 0.712. The zero-order valence-corrected chi connectivity index (χ0v) is 10.4. The lowest BCUT2D eigenvalue weighted by atomic mass is 9.97. The Hall–Kier alpha value is -0.280. The van der Waals surface area contributed by atoms with Gasteiger partial charge in [-0.15, -0.1) is 11.6 Å². The molecule has 2 fully saturated rings. The summed E-state index contributed by atoms with van der Waals surface area (Å²) in [4.78, 5) is 14.3. The summed E-state index contributed by atoms with van der Waals surface area (Å²) in [5.41, 5.74) is 0. The highest BCUT2D eigenvalue weighted by molar-refractivity contribution is 6.17. The Balaban J connectivity index is 1.95. The summed E-state index contributed by atoms with van der Waals surface area (Å²) in [5.74, 6) is 1.05.